The first-order valence-electron chi connectivity index (χ1n) is 7.87. The van der Waals surface area contributed by atoms with E-state index in [-0.39, 0.29) is 23.6 Å². The Kier molecular flexibility index (Phi) is 5.97. The smallest absolute Gasteiger partial charge is 0.154 e. The Morgan fingerprint density at radius 1 is 1.23 bits per heavy atom. The molecule has 2 rings (SSSR count). The van der Waals surface area contributed by atoms with Gasteiger partial charge < -0.3 is 10.4 Å². The Bertz CT molecular complexity index is 558. The van der Waals surface area contributed by atoms with E-state index in [2.05, 4.69) is 36.2 Å². The average Bonchev–Trinajstić information content (AvgIpc) is 2.76. The molecular formula is C16H26N2O3S. The molecule has 5 nitrogen and oxygen atoms in total. The van der Waals surface area contributed by atoms with Crippen LogP contribution in [-0.4, -0.2) is 61.7 Å². The summed E-state index contributed by atoms with van der Waals surface area (Å²) in [4.78, 5) is 2.33. The minimum Gasteiger partial charge on any atom is -0.390 e. The highest BCUT2D eigenvalue weighted by atomic mass is 32.2. The van der Waals surface area contributed by atoms with Crippen molar-refractivity contribution in [3.05, 3.63) is 35.9 Å². The predicted molar refractivity (Wildman–Crippen MR) is 88.6 cm³/mol. The van der Waals surface area contributed by atoms with E-state index in [0.717, 1.165) is 13.1 Å². The molecule has 1 aliphatic rings. The van der Waals surface area contributed by atoms with Crippen molar-refractivity contribution in [1.29, 1.82) is 0 Å². The zero-order valence-corrected chi connectivity index (χ0v) is 14.1. The normalized spacial score (nSPS) is 25.5. The van der Waals surface area contributed by atoms with Crippen molar-refractivity contribution in [1.82, 2.24) is 10.2 Å². The van der Waals surface area contributed by atoms with Gasteiger partial charge >= 0.3 is 0 Å². The third-order valence-electron chi connectivity index (χ3n) is 4.33. The van der Waals surface area contributed by atoms with Crippen molar-refractivity contribution in [3.8, 4) is 0 Å². The third-order valence-corrected chi connectivity index (χ3v) is 6.05. The number of nitrogens with one attached hydrogen (secondary N) is 1. The predicted octanol–water partition coefficient (Wildman–Crippen LogP) is 0.817. The molecule has 0 spiro atoms. The number of aliphatic hydroxyl groups excluding tert-OH is 1. The van der Waals surface area contributed by atoms with Gasteiger partial charge in [-0.05, 0) is 18.7 Å². The second kappa shape index (κ2) is 7.55. The van der Waals surface area contributed by atoms with Crippen LogP contribution < -0.4 is 5.32 Å². The summed E-state index contributed by atoms with van der Waals surface area (Å²) in [5, 5.41) is 13.2. The van der Waals surface area contributed by atoms with E-state index in [0.29, 0.717) is 6.54 Å². The van der Waals surface area contributed by atoms with Crippen molar-refractivity contribution in [2.45, 2.75) is 32.0 Å². The number of rotatable bonds is 7. The lowest BCUT2D eigenvalue weighted by molar-refractivity contribution is 0.151. The van der Waals surface area contributed by atoms with E-state index in [1.165, 1.54) is 5.56 Å². The largest absolute Gasteiger partial charge is 0.390 e. The van der Waals surface area contributed by atoms with Crippen LogP contribution in [0.4, 0.5) is 0 Å². The molecule has 1 heterocycles. The maximum absolute atomic E-state index is 11.6. The molecule has 0 aliphatic carbocycles. The van der Waals surface area contributed by atoms with Crippen LogP contribution in [0.15, 0.2) is 30.3 Å². The summed E-state index contributed by atoms with van der Waals surface area (Å²) < 4.78 is 23.2. The number of nitrogens with zero attached hydrogens (tertiary/aromatic N) is 1. The zero-order chi connectivity index (χ0) is 16.2. The molecule has 1 aliphatic heterocycles. The number of sulfone groups is 1. The highest BCUT2D eigenvalue weighted by molar-refractivity contribution is 7.91. The van der Waals surface area contributed by atoms with E-state index >= 15 is 0 Å². The van der Waals surface area contributed by atoms with Crippen molar-refractivity contribution in [2.24, 2.45) is 0 Å². The summed E-state index contributed by atoms with van der Waals surface area (Å²) in [5.41, 5.74) is 1.20. The summed E-state index contributed by atoms with van der Waals surface area (Å²) in [6.45, 7) is 6.71. The van der Waals surface area contributed by atoms with Gasteiger partial charge in [-0.2, -0.15) is 0 Å². The molecular weight excluding hydrogens is 300 g/mol. The maximum atomic E-state index is 11.6. The second-order valence-electron chi connectivity index (χ2n) is 5.81. The molecule has 0 aromatic heterocycles. The first-order valence-corrected chi connectivity index (χ1v) is 9.69. The highest BCUT2D eigenvalue weighted by Gasteiger charge is 2.36. The van der Waals surface area contributed by atoms with Gasteiger partial charge in [0.2, 0.25) is 0 Å². The molecule has 0 saturated carbocycles. The van der Waals surface area contributed by atoms with Gasteiger partial charge in [-0.25, -0.2) is 8.42 Å². The number of hydrogen-bond acceptors (Lipinski definition) is 5. The van der Waals surface area contributed by atoms with Crippen LogP contribution in [0.25, 0.3) is 0 Å². The van der Waals surface area contributed by atoms with Crippen LogP contribution in [0.3, 0.4) is 0 Å². The summed E-state index contributed by atoms with van der Waals surface area (Å²) in [7, 11) is -3.11. The molecule has 1 saturated heterocycles. The molecule has 0 unspecified atom stereocenters. The van der Waals surface area contributed by atoms with Gasteiger partial charge in [0.1, 0.15) is 0 Å². The highest BCUT2D eigenvalue weighted by Crippen LogP contribution is 2.21. The van der Waals surface area contributed by atoms with E-state index in [9.17, 15) is 13.5 Å². The zero-order valence-electron chi connectivity index (χ0n) is 13.3. The van der Waals surface area contributed by atoms with Crippen molar-refractivity contribution >= 4 is 9.84 Å². The lowest BCUT2D eigenvalue weighted by Gasteiger charge is -2.31. The third kappa shape index (κ3) is 4.29. The van der Waals surface area contributed by atoms with Crippen LogP contribution in [0.1, 0.15) is 25.5 Å². The molecule has 1 aromatic rings. The van der Waals surface area contributed by atoms with Gasteiger partial charge in [0, 0.05) is 18.6 Å². The molecule has 1 fully saturated rings. The first kappa shape index (κ1) is 17.4. The quantitative estimate of drug-likeness (QED) is 0.776. The van der Waals surface area contributed by atoms with Crippen LogP contribution in [-0.2, 0) is 9.84 Å². The van der Waals surface area contributed by atoms with Gasteiger partial charge in [-0.1, -0.05) is 44.2 Å². The standard InChI is InChI=1S/C16H26N2O3S/c1-3-18(4-2)15(13-8-6-5-7-9-13)10-17-14-11-22(20,21)12-16(14)19/h5-9,14-17,19H,3-4,10-12H2,1-2H3/t14-,15-,16+/m1/s1. The fourth-order valence-electron chi connectivity index (χ4n) is 3.08. The molecule has 0 bridgehead atoms. The summed E-state index contributed by atoms with van der Waals surface area (Å²) >= 11 is 0. The Labute approximate surface area is 133 Å². The minimum atomic E-state index is -3.11. The molecule has 1 aromatic carbocycles. The van der Waals surface area contributed by atoms with Crippen LogP contribution in [0.5, 0.6) is 0 Å². The van der Waals surface area contributed by atoms with E-state index in [1.807, 2.05) is 18.2 Å². The fourth-order valence-corrected chi connectivity index (χ4v) is 4.86. The fraction of sp³-hybridized carbons (Fsp3) is 0.625. The number of aliphatic hydroxyl groups is 1. The van der Waals surface area contributed by atoms with Gasteiger partial charge in [-0.15, -0.1) is 0 Å². The molecule has 3 atom stereocenters. The van der Waals surface area contributed by atoms with Gasteiger partial charge in [0.05, 0.1) is 17.6 Å². The molecule has 124 valence electrons. The van der Waals surface area contributed by atoms with E-state index < -0.39 is 15.9 Å². The average molecular weight is 326 g/mol. The Balaban J connectivity index is 2.07. The number of likely N-dealkylation sites (N-methyl/N-ethyl adjacent to an activating group) is 1. The number of benzene rings is 1. The second-order valence-corrected chi connectivity index (χ2v) is 7.96. The molecule has 22 heavy (non-hydrogen) atoms. The van der Waals surface area contributed by atoms with Crippen LogP contribution >= 0.6 is 0 Å². The Hall–Kier alpha value is -0.950. The summed E-state index contributed by atoms with van der Waals surface area (Å²) in [6.07, 6.45) is -0.807. The SMILES string of the molecule is CCN(CC)[C@H](CN[C@@H]1CS(=O)(=O)C[C@@H]1O)c1ccccc1. The molecule has 0 radical (unpaired) electrons. The topological polar surface area (TPSA) is 69.6 Å². The Morgan fingerprint density at radius 2 is 1.86 bits per heavy atom. The van der Waals surface area contributed by atoms with Crippen LogP contribution in [0, 0.1) is 0 Å². The van der Waals surface area contributed by atoms with Crippen molar-refractivity contribution < 1.29 is 13.5 Å². The van der Waals surface area contributed by atoms with E-state index in [1.54, 1.807) is 0 Å². The lowest BCUT2D eigenvalue weighted by Crippen LogP contribution is -2.44. The molecule has 0 amide bonds. The monoisotopic (exact) mass is 326 g/mol. The lowest BCUT2D eigenvalue weighted by atomic mass is 10.0. The minimum absolute atomic E-state index is 0.0218. The summed E-state index contributed by atoms with van der Waals surface area (Å²) in [6, 6.07) is 10.0. The van der Waals surface area contributed by atoms with E-state index in [4.69, 9.17) is 0 Å². The van der Waals surface area contributed by atoms with Gasteiger partial charge in [-0.3, -0.25) is 4.90 Å². The van der Waals surface area contributed by atoms with Crippen molar-refractivity contribution in [3.63, 3.8) is 0 Å². The molecule has 6 heteroatoms. The van der Waals surface area contributed by atoms with Gasteiger partial charge in [0.15, 0.2) is 9.84 Å². The Morgan fingerprint density at radius 3 is 2.36 bits per heavy atom. The maximum Gasteiger partial charge on any atom is 0.154 e. The summed E-state index contributed by atoms with van der Waals surface area (Å²) in [5.74, 6) is -0.111. The number of hydrogen-bond donors (Lipinski definition) is 2. The van der Waals surface area contributed by atoms with Crippen LogP contribution in [0.2, 0.25) is 0 Å². The molecule has 2 N–H and O–H groups in total. The van der Waals surface area contributed by atoms with Crippen molar-refractivity contribution in [2.75, 3.05) is 31.1 Å². The first-order chi connectivity index (χ1) is 10.5. The van der Waals surface area contributed by atoms with Gasteiger partial charge in [0.25, 0.3) is 0 Å².